The average molecular weight is 394 g/mol. The van der Waals surface area contributed by atoms with Crippen molar-refractivity contribution in [3.8, 4) is 0 Å². The summed E-state index contributed by atoms with van der Waals surface area (Å²) in [6.45, 7) is 3.96. The lowest BCUT2D eigenvalue weighted by atomic mass is 10.1. The quantitative estimate of drug-likeness (QED) is 0.639. The Hall–Kier alpha value is -2.92. The van der Waals surface area contributed by atoms with E-state index in [1.54, 1.807) is 66.5 Å². The van der Waals surface area contributed by atoms with Gasteiger partial charge in [-0.25, -0.2) is 8.42 Å². The van der Waals surface area contributed by atoms with Gasteiger partial charge in [0.25, 0.3) is 5.91 Å². The molecule has 28 heavy (non-hydrogen) atoms. The lowest BCUT2D eigenvalue weighted by Gasteiger charge is -2.20. The number of hydrogen-bond acceptors (Lipinski definition) is 3. The van der Waals surface area contributed by atoms with Crippen LogP contribution in [0.5, 0.6) is 0 Å². The Morgan fingerprint density at radius 3 is 2.18 bits per heavy atom. The molecule has 1 amide bonds. The van der Waals surface area contributed by atoms with E-state index in [2.05, 4.69) is 0 Å². The molecule has 4 nitrogen and oxygen atoms in total. The fourth-order valence-corrected chi connectivity index (χ4v) is 4.43. The van der Waals surface area contributed by atoms with Crippen LogP contribution >= 0.6 is 0 Å². The summed E-state index contributed by atoms with van der Waals surface area (Å²) < 4.78 is 25.0. The third kappa shape index (κ3) is 4.31. The predicted molar refractivity (Wildman–Crippen MR) is 112 cm³/mol. The van der Waals surface area contributed by atoms with Crippen LogP contribution in [0.4, 0.5) is 5.69 Å². The molecule has 0 aliphatic carbocycles. The SMILES string of the molecule is Cc1ccc(C)c(N(C)C(=O)c2ccc(CS(=O)(=O)c3ccccc3)cc2)c1. The van der Waals surface area contributed by atoms with E-state index in [4.69, 9.17) is 0 Å². The van der Waals surface area contributed by atoms with Gasteiger partial charge in [0, 0.05) is 18.3 Å². The highest BCUT2D eigenvalue weighted by molar-refractivity contribution is 7.90. The number of sulfone groups is 1. The van der Waals surface area contributed by atoms with E-state index in [0.717, 1.165) is 16.8 Å². The lowest BCUT2D eigenvalue weighted by molar-refractivity contribution is 0.0993. The van der Waals surface area contributed by atoms with Crippen molar-refractivity contribution in [1.82, 2.24) is 0 Å². The Kier molecular flexibility index (Phi) is 5.66. The average Bonchev–Trinajstić information content (AvgIpc) is 2.70. The molecule has 0 heterocycles. The third-order valence-corrected chi connectivity index (χ3v) is 6.39. The number of amides is 1. The van der Waals surface area contributed by atoms with Gasteiger partial charge in [-0.1, -0.05) is 42.5 Å². The largest absolute Gasteiger partial charge is 0.311 e. The number of carbonyl (C=O) groups is 1. The first-order valence-corrected chi connectivity index (χ1v) is 10.7. The molecule has 3 aromatic rings. The zero-order valence-electron chi connectivity index (χ0n) is 16.2. The molecular weight excluding hydrogens is 370 g/mol. The molecule has 3 rings (SSSR count). The predicted octanol–water partition coefficient (Wildman–Crippen LogP) is 4.55. The summed E-state index contributed by atoms with van der Waals surface area (Å²) in [5.41, 5.74) is 4.13. The number of rotatable bonds is 5. The van der Waals surface area contributed by atoms with Gasteiger partial charge in [0.05, 0.1) is 10.6 Å². The minimum absolute atomic E-state index is 0.0989. The van der Waals surface area contributed by atoms with Crippen LogP contribution in [0.1, 0.15) is 27.0 Å². The van der Waals surface area contributed by atoms with Gasteiger partial charge in [-0.2, -0.15) is 0 Å². The molecule has 0 spiro atoms. The molecule has 0 saturated carbocycles. The second-order valence-electron chi connectivity index (χ2n) is 6.92. The van der Waals surface area contributed by atoms with E-state index in [-0.39, 0.29) is 11.7 Å². The van der Waals surface area contributed by atoms with Crippen molar-refractivity contribution in [2.45, 2.75) is 24.5 Å². The van der Waals surface area contributed by atoms with Gasteiger partial charge in [-0.15, -0.1) is 0 Å². The van der Waals surface area contributed by atoms with Crippen LogP contribution in [-0.2, 0) is 15.6 Å². The van der Waals surface area contributed by atoms with Crippen LogP contribution in [-0.4, -0.2) is 21.4 Å². The van der Waals surface area contributed by atoms with Crippen molar-refractivity contribution in [3.05, 3.63) is 95.1 Å². The zero-order chi connectivity index (χ0) is 20.3. The normalized spacial score (nSPS) is 11.2. The number of anilines is 1. The Bertz CT molecular complexity index is 1090. The van der Waals surface area contributed by atoms with Crippen LogP contribution in [0.2, 0.25) is 0 Å². The van der Waals surface area contributed by atoms with Gasteiger partial charge in [-0.3, -0.25) is 4.79 Å². The van der Waals surface area contributed by atoms with E-state index in [0.29, 0.717) is 16.0 Å². The number of carbonyl (C=O) groups excluding carboxylic acids is 1. The van der Waals surface area contributed by atoms with Gasteiger partial charge >= 0.3 is 0 Å². The summed E-state index contributed by atoms with van der Waals surface area (Å²) in [5, 5.41) is 0. The molecule has 3 aromatic carbocycles. The summed E-state index contributed by atoms with van der Waals surface area (Å²) in [4.78, 5) is 14.8. The van der Waals surface area contributed by atoms with Crippen LogP contribution in [0.15, 0.2) is 77.7 Å². The van der Waals surface area contributed by atoms with Gasteiger partial charge in [0.15, 0.2) is 9.84 Å². The van der Waals surface area contributed by atoms with E-state index in [9.17, 15) is 13.2 Å². The maximum atomic E-state index is 12.8. The Morgan fingerprint density at radius 2 is 1.54 bits per heavy atom. The Morgan fingerprint density at radius 1 is 0.893 bits per heavy atom. The molecule has 0 aliphatic rings. The molecule has 5 heteroatoms. The van der Waals surface area contributed by atoms with Crippen molar-refractivity contribution in [2.75, 3.05) is 11.9 Å². The first kappa shape index (κ1) is 19.8. The highest BCUT2D eigenvalue weighted by Crippen LogP contribution is 2.23. The zero-order valence-corrected chi connectivity index (χ0v) is 17.0. The molecule has 0 N–H and O–H groups in total. The van der Waals surface area contributed by atoms with E-state index in [1.165, 1.54) is 0 Å². The van der Waals surface area contributed by atoms with Gasteiger partial charge in [-0.05, 0) is 60.9 Å². The summed E-state index contributed by atoms with van der Waals surface area (Å²) in [5.74, 6) is -0.232. The minimum Gasteiger partial charge on any atom is -0.311 e. The fraction of sp³-hybridized carbons (Fsp3) is 0.174. The summed E-state index contributed by atoms with van der Waals surface area (Å²) in [7, 11) is -1.66. The summed E-state index contributed by atoms with van der Waals surface area (Å²) >= 11 is 0. The maximum Gasteiger partial charge on any atom is 0.258 e. The van der Waals surface area contributed by atoms with Crippen LogP contribution in [0.25, 0.3) is 0 Å². The molecule has 0 fully saturated rings. The first-order valence-electron chi connectivity index (χ1n) is 9.00. The highest BCUT2D eigenvalue weighted by atomic mass is 32.2. The molecule has 0 unspecified atom stereocenters. The molecule has 0 bridgehead atoms. The van der Waals surface area contributed by atoms with E-state index in [1.807, 2.05) is 32.0 Å². The maximum absolute atomic E-state index is 12.8. The molecule has 0 radical (unpaired) electrons. The van der Waals surface area contributed by atoms with Crippen LogP contribution < -0.4 is 4.90 Å². The standard InChI is InChI=1S/C23H23NO3S/c1-17-9-10-18(2)22(15-17)24(3)23(25)20-13-11-19(12-14-20)16-28(26,27)21-7-5-4-6-8-21/h4-15H,16H2,1-3H3. The summed E-state index contributed by atoms with van der Waals surface area (Å²) in [6.07, 6.45) is 0. The van der Waals surface area contributed by atoms with Gasteiger partial charge < -0.3 is 4.90 Å². The van der Waals surface area contributed by atoms with Crippen molar-refractivity contribution in [1.29, 1.82) is 0 Å². The smallest absolute Gasteiger partial charge is 0.258 e. The number of benzene rings is 3. The number of aryl methyl sites for hydroxylation is 2. The van der Waals surface area contributed by atoms with E-state index < -0.39 is 9.84 Å². The van der Waals surface area contributed by atoms with Crippen LogP contribution in [0.3, 0.4) is 0 Å². The molecule has 0 saturated heterocycles. The van der Waals surface area contributed by atoms with Gasteiger partial charge in [0.2, 0.25) is 0 Å². The van der Waals surface area contributed by atoms with Gasteiger partial charge in [0.1, 0.15) is 0 Å². The first-order chi connectivity index (χ1) is 13.3. The lowest BCUT2D eigenvalue weighted by Crippen LogP contribution is -2.27. The fourth-order valence-electron chi connectivity index (χ4n) is 3.06. The molecule has 0 aromatic heterocycles. The third-order valence-electron chi connectivity index (χ3n) is 4.69. The Balaban J connectivity index is 1.79. The van der Waals surface area contributed by atoms with Crippen molar-refractivity contribution in [2.24, 2.45) is 0 Å². The summed E-state index contributed by atoms with van der Waals surface area (Å²) in [6, 6.07) is 21.1. The second-order valence-corrected chi connectivity index (χ2v) is 8.91. The van der Waals surface area contributed by atoms with Crippen LogP contribution in [0, 0.1) is 13.8 Å². The van der Waals surface area contributed by atoms with Crippen molar-refractivity contribution < 1.29 is 13.2 Å². The highest BCUT2D eigenvalue weighted by Gasteiger charge is 2.17. The Labute approximate surface area is 166 Å². The molecule has 0 aliphatic heterocycles. The van der Waals surface area contributed by atoms with Crippen molar-refractivity contribution >= 4 is 21.4 Å². The number of nitrogens with zero attached hydrogens (tertiary/aromatic N) is 1. The van der Waals surface area contributed by atoms with E-state index >= 15 is 0 Å². The topological polar surface area (TPSA) is 54.5 Å². The minimum atomic E-state index is -3.41. The molecular formula is C23H23NO3S. The monoisotopic (exact) mass is 393 g/mol. The van der Waals surface area contributed by atoms with Crippen molar-refractivity contribution in [3.63, 3.8) is 0 Å². The molecule has 144 valence electrons. The second kappa shape index (κ2) is 7.98. The number of hydrogen-bond donors (Lipinski definition) is 0. The molecule has 0 atom stereocenters.